The van der Waals surface area contributed by atoms with E-state index >= 15 is 0 Å². The van der Waals surface area contributed by atoms with Gasteiger partial charge in [-0.05, 0) is 7.05 Å². The Bertz CT molecular complexity index is 211. The lowest BCUT2D eigenvalue weighted by molar-refractivity contribution is 0.0813. The van der Waals surface area contributed by atoms with Crippen LogP contribution < -0.4 is 5.32 Å². The second-order valence-electron chi connectivity index (χ2n) is 3.80. The molecule has 6 heteroatoms. The summed E-state index contributed by atoms with van der Waals surface area (Å²) in [5, 5.41) is 12.8. The Morgan fingerprint density at radius 2 is 1.86 bits per heavy atom. The van der Waals surface area contributed by atoms with Crippen molar-refractivity contribution in [2.24, 2.45) is 5.41 Å². The molecule has 86 valence electrons. The maximum Gasteiger partial charge on any atom is 0.358 e. The molecule has 0 aliphatic heterocycles. The molecule has 14 heavy (non-hydrogen) atoms. The number of nitrogens with one attached hydrogen (secondary N) is 1. The van der Waals surface area contributed by atoms with Gasteiger partial charge >= 0.3 is 7.60 Å². The first-order chi connectivity index (χ1) is 6.34. The van der Waals surface area contributed by atoms with Gasteiger partial charge in [0.25, 0.3) is 0 Å². The lowest BCUT2D eigenvalue weighted by Gasteiger charge is -2.33. The maximum absolute atomic E-state index is 11.8. The first-order valence-electron chi connectivity index (χ1n) is 4.38. The fourth-order valence-corrected chi connectivity index (χ4v) is 2.74. The molecular weight excluding hydrogens is 205 g/mol. The van der Waals surface area contributed by atoms with E-state index in [1.54, 1.807) is 20.9 Å². The van der Waals surface area contributed by atoms with Gasteiger partial charge < -0.3 is 19.5 Å². The van der Waals surface area contributed by atoms with Crippen LogP contribution in [-0.4, -0.2) is 38.8 Å². The van der Waals surface area contributed by atoms with E-state index < -0.39 is 18.9 Å². The van der Waals surface area contributed by atoms with Crippen molar-refractivity contribution in [3.63, 3.8) is 0 Å². The van der Waals surface area contributed by atoms with E-state index in [9.17, 15) is 9.67 Å². The molecule has 0 aromatic heterocycles. The van der Waals surface area contributed by atoms with Crippen molar-refractivity contribution in [1.82, 2.24) is 5.32 Å². The van der Waals surface area contributed by atoms with Gasteiger partial charge in [-0.15, -0.1) is 0 Å². The molecule has 2 N–H and O–H groups in total. The quantitative estimate of drug-likeness (QED) is 0.661. The lowest BCUT2D eigenvalue weighted by atomic mass is 9.95. The summed E-state index contributed by atoms with van der Waals surface area (Å²) in [5.74, 6) is -1.14. The Kier molecular flexibility index (Phi) is 5.26. The minimum Gasteiger partial charge on any atom is -0.380 e. The second kappa shape index (κ2) is 5.24. The molecule has 0 aromatic carbocycles. The van der Waals surface area contributed by atoms with Crippen LogP contribution in [0.5, 0.6) is 0 Å². The summed E-state index contributed by atoms with van der Waals surface area (Å²) in [6.45, 7) is 4.10. The Balaban J connectivity index is 4.73. The van der Waals surface area contributed by atoms with Crippen LogP contribution in [0.15, 0.2) is 0 Å². The molecule has 0 heterocycles. The lowest BCUT2D eigenvalue weighted by Crippen LogP contribution is -2.38. The standard InChI is InChI=1S/C8H20NO4P/c1-8(2,6-9-3)7(10)14(11,12-4)13-5/h7,9-10H,6H2,1-5H3. The van der Waals surface area contributed by atoms with Gasteiger partial charge in [-0.2, -0.15) is 0 Å². The van der Waals surface area contributed by atoms with Crippen LogP contribution in [0.4, 0.5) is 0 Å². The van der Waals surface area contributed by atoms with Crippen molar-refractivity contribution in [3.8, 4) is 0 Å². The Morgan fingerprint density at radius 1 is 1.43 bits per heavy atom. The Morgan fingerprint density at radius 3 is 2.14 bits per heavy atom. The van der Waals surface area contributed by atoms with Crippen LogP contribution in [0.3, 0.4) is 0 Å². The fourth-order valence-electron chi connectivity index (χ4n) is 1.25. The highest BCUT2D eigenvalue weighted by atomic mass is 31.2. The average molecular weight is 225 g/mol. The van der Waals surface area contributed by atoms with E-state index in [1.807, 2.05) is 0 Å². The monoisotopic (exact) mass is 225 g/mol. The van der Waals surface area contributed by atoms with Gasteiger partial charge in [0.15, 0.2) is 5.85 Å². The van der Waals surface area contributed by atoms with E-state index in [1.165, 1.54) is 14.2 Å². The van der Waals surface area contributed by atoms with Gasteiger partial charge in [0, 0.05) is 26.2 Å². The molecule has 0 bridgehead atoms. The molecule has 0 fully saturated rings. The van der Waals surface area contributed by atoms with E-state index in [0.717, 1.165) is 0 Å². The zero-order valence-corrected chi connectivity index (χ0v) is 10.3. The number of hydrogen-bond acceptors (Lipinski definition) is 5. The van der Waals surface area contributed by atoms with E-state index in [2.05, 4.69) is 5.32 Å². The number of aliphatic hydroxyl groups excluding tert-OH is 1. The molecule has 0 amide bonds. The molecule has 1 unspecified atom stereocenters. The number of hydrogen-bond donors (Lipinski definition) is 2. The van der Waals surface area contributed by atoms with Crippen LogP contribution >= 0.6 is 7.60 Å². The molecule has 5 nitrogen and oxygen atoms in total. The summed E-state index contributed by atoms with van der Waals surface area (Å²) < 4.78 is 21.3. The van der Waals surface area contributed by atoms with Gasteiger partial charge in [-0.25, -0.2) is 0 Å². The first-order valence-corrected chi connectivity index (χ1v) is 5.99. The molecule has 0 aliphatic rings. The third kappa shape index (κ3) is 3.04. The normalized spacial score (nSPS) is 15.6. The maximum atomic E-state index is 11.8. The molecular formula is C8H20NO4P. The molecule has 1 atom stereocenters. The SMILES string of the molecule is CNCC(C)(C)C(O)P(=O)(OC)OC. The van der Waals surface area contributed by atoms with Crippen molar-refractivity contribution >= 4 is 7.60 Å². The predicted octanol–water partition coefficient (Wildman–Crippen LogP) is 1.04. The van der Waals surface area contributed by atoms with Gasteiger partial charge in [-0.1, -0.05) is 13.8 Å². The highest BCUT2D eigenvalue weighted by Gasteiger charge is 2.43. The molecule has 0 radical (unpaired) electrons. The fraction of sp³-hybridized carbons (Fsp3) is 1.00. The molecule has 0 saturated heterocycles. The highest BCUT2D eigenvalue weighted by Crippen LogP contribution is 2.55. The number of aliphatic hydroxyl groups is 1. The van der Waals surface area contributed by atoms with Gasteiger partial charge in [0.2, 0.25) is 0 Å². The molecule has 0 saturated carbocycles. The third-order valence-corrected chi connectivity index (χ3v) is 4.46. The summed E-state index contributed by atoms with van der Waals surface area (Å²) in [6, 6.07) is 0. The van der Waals surface area contributed by atoms with E-state index in [-0.39, 0.29) is 0 Å². The van der Waals surface area contributed by atoms with Crippen molar-refractivity contribution in [3.05, 3.63) is 0 Å². The van der Waals surface area contributed by atoms with Crippen LogP contribution in [-0.2, 0) is 13.6 Å². The topological polar surface area (TPSA) is 67.8 Å². The third-order valence-electron chi connectivity index (χ3n) is 2.14. The minimum absolute atomic E-state index is 0.519. The van der Waals surface area contributed by atoms with Crippen molar-refractivity contribution in [2.45, 2.75) is 19.7 Å². The molecule has 0 aromatic rings. The first kappa shape index (κ1) is 14.1. The smallest absolute Gasteiger partial charge is 0.358 e. The summed E-state index contributed by atoms with van der Waals surface area (Å²) >= 11 is 0. The molecule has 0 spiro atoms. The zero-order valence-electron chi connectivity index (χ0n) is 9.40. The molecule has 0 rings (SSSR count). The van der Waals surface area contributed by atoms with Gasteiger partial charge in [0.1, 0.15) is 0 Å². The summed E-state index contributed by atoms with van der Waals surface area (Å²) in [7, 11) is 0.889. The number of rotatable bonds is 6. The summed E-state index contributed by atoms with van der Waals surface area (Å²) in [5.41, 5.74) is -0.573. The predicted molar refractivity (Wildman–Crippen MR) is 55.3 cm³/mol. The Labute approximate surface area is 85.3 Å². The van der Waals surface area contributed by atoms with Crippen LogP contribution in [0, 0.1) is 5.41 Å². The minimum atomic E-state index is -3.41. The molecule has 0 aliphatic carbocycles. The van der Waals surface area contributed by atoms with Crippen molar-refractivity contribution in [2.75, 3.05) is 27.8 Å². The van der Waals surface area contributed by atoms with Gasteiger partial charge in [0.05, 0.1) is 0 Å². The highest BCUT2D eigenvalue weighted by molar-refractivity contribution is 7.54. The Hall–Kier alpha value is 0.0700. The van der Waals surface area contributed by atoms with E-state index in [4.69, 9.17) is 9.05 Å². The summed E-state index contributed by atoms with van der Waals surface area (Å²) in [6.07, 6.45) is 0. The summed E-state index contributed by atoms with van der Waals surface area (Å²) in [4.78, 5) is 0. The van der Waals surface area contributed by atoms with Crippen molar-refractivity contribution < 1.29 is 18.7 Å². The van der Waals surface area contributed by atoms with Crippen molar-refractivity contribution in [1.29, 1.82) is 0 Å². The second-order valence-corrected chi connectivity index (χ2v) is 6.10. The van der Waals surface area contributed by atoms with E-state index in [0.29, 0.717) is 6.54 Å². The van der Waals surface area contributed by atoms with Crippen LogP contribution in [0.25, 0.3) is 0 Å². The van der Waals surface area contributed by atoms with Crippen LogP contribution in [0.1, 0.15) is 13.8 Å². The largest absolute Gasteiger partial charge is 0.380 e. The average Bonchev–Trinajstić information content (AvgIpc) is 2.15. The van der Waals surface area contributed by atoms with Gasteiger partial charge in [-0.3, -0.25) is 4.57 Å². The van der Waals surface area contributed by atoms with Crippen LogP contribution in [0.2, 0.25) is 0 Å². The zero-order chi connectivity index (χ0) is 11.4.